The molecule has 0 heterocycles. The van der Waals surface area contributed by atoms with E-state index in [-0.39, 0.29) is 0 Å². The standard InChI is InChI=1S/C57H63NO6/c1-7-19-49(20-8-1)55(50-21-9-2-10-22-50)31-37-59-43-46-62-40-34-58(35-41-63-47-44-60-38-32-56(51-23-11-3-12-24-51)52-25-13-4-14-26-52)36-42-64-48-45-61-39-33-57(53-27-15-5-16-28-53)54-29-17-6-18-30-54/h1-33H,34-48H2. The first-order valence-electron chi connectivity index (χ1n) is 22.5. The number of benzene rings is 6. The summed E-state index contributed by atoms with van der Waals surface area (Å²) in [6.45, 7) is 8.63. The summed E-state index contributed by atoms with van der Waals surface area (Å²) in [5.41, 5.74) is 10.5. The molecule has 6 rings (SSSR count). The highest BCUT2D eigenvalue weighted by molar-refractivity contribution is 5.81. The van der Waals surface area contributed by atoms with Crippen molar-refractivity contribution >= 4 is 16.7 Å². The van der Waals surface area contributed by atoms with Gasteiger partial charge >= 0.3 is 0 Å². The first kappa shape index (κ1) is 47.7. The van der Waals surface area contributed by atoms with Gasteiger partial charge in [-0.15, -0.1) is 0 Å². The molecule has 0 saturated heterocycles. The fourth-order valence-corrected chi connectivity index (χ4v) is 7.17. The van der Waals surface area contributed by atoms with Crippen LogP contribution >= 0.6 is 0 Å². The van der Waals surface area contributed by atoms with Crippen molar-refractivity contribution in [1.29, 1.82) is 0 Å². The van der Waals surface area contributed by atoms with E-state index in [1.54, 1.807) is 0 Å². The molecule has 0 fully saturated rings. The number of rotatable bonds is 30. The lowest BCUT2D eigenvalue weighted by molar-refractivity contribution is 0.0161. The molecule has 7 nitrogen and oxygen atoms in total. The third-order valence-electron chi connectivity index (χ3n) is 10.5. The van der Waals surface area contributed by atoms with Crippen LogP contribution in [-0.4, -0.2) is 104 Å². The van der Waals surface area contributed by atoms with Crippen LogP contribution in [0.15, 0.2) is 200 Å². The maximum Gasteiger partial charge on any atom is 0.0704 e. The van der Waals surface area contributed by atoms with Crippen molar-refractivity contribution in [1.82, 2.24) is 4.90 Å². The first-order valence-corrected chi connectivity index (χ1v) is 22.5. The molecule has 64 heavy (non-hydrogen) atoms. The van der Waals surface area contributed by atoms with Crippen molar-refractivity contribution in [2.24, 2.45) is 0 Å². The van der Waals surface area contributed by atoms with Crippen molar-refractivity contribution in [3.05, 3.63) is 234 Å². The summed E-state index contributed by atoms with van der Waals surface area (Å²) in [7, 11) is 0. The van der Waals surface area contributed by atoms with Crippen LogP contribution < -0.4 is 0 Å². The minimum Gasteiger partial charge on any atom is -0.378 e. The Morgan fingerprint density at radius 1 is 0.266 bits per heavy atom. The van der Waals surface area contributed by atoms with Gasteiger partial charge in [-0.2, -0.15) is 0 Å². The zero-order valence-corrected chi connectivity index (χ0v) is 37.1. The Balaban J connectivity index is 0.910. The molecular weight excluding hydrogens is 795 g/mol. The van der Waals surface area contributed by atoms with Crippen LogP contribution in [0.25, 0.3) is 16.7 Å². The summed E-state index contributed by atoms with van der Waals surface area (Å²) in [6.07, 6.45) is 6.44. The van der Waals surface area contributed by atoms with Crippen molar-refractivity contribution in [2.45, 2.75) is 0 Å². The van der Waals surface area contributed by atoms with Gasteiger partial charge in [0.15, 0.2) is 0 Å². The largest absolute Gasteiger partial charge is 0.378 e. The normalized spacial score (nSPS) is 11.0. The maximum absolute atomic E-state index is 6.03. The Bertz CT molecular complexity index is 1820. The summed E-state index contributed by atoms with van der Waals surface area (Å²) in [5, 5.41) is 0. The molecule has 0 aliphatic heterocycles. The van der Waals surface area contributed by atoms with Crippen LogP contribution in [0.4, 0.5) is 0 Å². The molecule has 0 N–H and O–H groups in total. The summed E-state index contributed by atoms with van der Waals surface area (Å²) >= 11 is 0. The Labute approximate surface area is 381 Å². The molecule has 6 aromatic rings. The lowest BCUT2D eigenvalue weighted by atomic mass is 9.98. The van der Waals surface area contributed by atoms with Crippen LogP contribution in [0.5, 0.6) is 0 Å². The number of nitrogens with zero attached hydrogens (tertiary/aromatic N) is 1. The van der Waals surface area contributed by atoms with E-state index in [0.29, 0.717) is 79.3 Å². The van der Waals surface area contributed by atoms with E-state index in [1.165, 1.54) is 33.4 Å². The van der Waals surface area contributed by atoms with E-state index in [4.69, 9.17) is 28.4 Å². The van der Waals surface area contributed by atoms with Crippen molar-refractivity contribution in [3.63, 3.8) is 0 Å². The lowest BCUT2D eigenvalue weighted by Gasteiger charge is -2.22. The third-order valence-corrected chi connectivity index (χ3v) is 10.5. The molecule has 0 aromatic heterocycles. The number of hydrogen-bond acceptors (Lipinski definition) is 7. The van der Waals surface area contributed by atoms with Crippen LogP contribution in [-0.2, 0) is 28.4 Å². The predicted molar refractivity (Wildman–Crippen MR) is 261 cm³/mol. The van der Waals surface area contributed by atoms with Gasteiger partial charge in [0, 0.05) is 19.6 Å². The lowest BCUT2D eigenvalue weighted by Crippen LogP contribution is -2.34. The minimum absolute atomic E-state index is 0.506. The van der Waals surface area contributed by atoms with Gasteiger partial charge in [-0.3, -0.25) is 4.90 Å². The monoisotopic (exact) mass is 857 g/mol. The second-order valence-corrected chi connectivity index (χ2v) is 15.0. The average molecular weight is 858 g/mol. The van der Waals surface area contributed by atoms with Gasteiger partial charge in [0.05, 0.1) is 79.3 Å². The molecule has 332 valence electrons. The van der Waals surface area contributed by atoms with E-state index < -0.39 is 0 Å². The van der Waals surface area contributed by atoms with Gasteiger partial charge in [-0.05, 0) is 50.1 Å². The van der Waals surface area contributed by atoms with Gasteiger partial charge in [-0.25, -0.2) is 0 Å². The number of ether oxygens (including phenoxy) is 6. The second-order valence-electron chi connectivity index (χ2n) is 15.0. The molecule has 7 heteroatoms. The van der Waals surface area contributed by atoms with Gasteiger partial charge in [0.2, 0.25) is 0 Å². The molecule has 0 atom stereocenters. The van der Waals surface area contributed by atoms with Gasteiger partial charge in [-0.1, -0.05) is 200 Å². The Kier molecular flexibility index (Phi) is 22.1. The maximum atomic E-state index is 6.03. The topological polar surface area (TPSA) is 58.6 Å². The fraction of sp³-hybridized carbons (Fsp3) is 0.263. The van der Waals surface area contributed by atoms with Gasteiger partial charge in [0.25, 0.3) is 0 Å². The van der Waals surface area contributed by atoms with E-state index in [9.17, 15) is 0 Å². The van der Waals surface area contributed by atoms with Crippen molar-refractivity contribution < 1.29 is 28.4 Å². The Hall–Kier alpha value is -5.74. The zero-order chi connectivity index (χ0) is 44.0. The average Bonchev–Trinajstić information content (AvgIpc) is 3.36. The van der Waals surface area contributed by atoms with Crippen LogP contribution in [0.2, 0.25) is 0 Å². The number of hydrogen-bond donors (Lipinski definition) is 0. The van der Waals surface area contributed by atoms with E-state index in [0.717, 1.165) is 36.4 Å². The minimum atomic E-state index is 0.506. The predicted octanol–water partition coefficient (Wildman–Crippen LogP) is 10.8. The van der Waals surface area contributed by atoms with Gasteiger partial charge in [0.1, 0.15) is 0 Å². The Morgan fingerprint density at radius 2 is 0.469 bits per heavy atom. The molecule has 0 aliphatic carbocycles. The third kappa shape index (κ3) is 17.4. The zero-order valence-electron chi connectivity index (χ0n) is 37.1. The molecule has 0 aliphatic rings. The van der Waals surface area contributed by atoms with Crippen LogP contribution in [0, 0.1) is 0 Å². The van der Waals surface area contributed by atoms with Crippen molar-refractivity contribution in [3.8, 4) is 0 Å². The molecule has 0 unspecified atom stereocenters. The van der Waals surface area contributed by atoms with Crippen LogP contribution in [0.1, 0.15) is 33.4 Å². The molecule has 0 bridgehead atoms. The smallest absolute Gasteiger partial charge is 0.0704 e. The van der Waals surface area contributed by atoms with E-state index in [2.05, 4.69) is 169 Å². The van der Waals surface area contributed by atoms with E-state index >= 15 is 0 Å². The van der Waals surface area contributed by atoms with Gasteiger partial charge < -0.3 is 28.4 Å². The molecule has 6 aromatic carbocycles. The molecule has 0 radical (unpaired) electrons. The SMILES string of the molecule is C(COCCOCCN(CCOCCOCC=C(c1ccccc1)c1ccccc1)CCOCCOCC=C(c1ccccc1)c1ccccc1)=C(c1ccccc1)c1ccccc1. The molecule has 0 amide bonds. The van der Waals surface area contributed by atoms with Crippen LogP contribution in [0.3, 0.4) is 0 Å². The fourth-order valence-electron chi connectivity index (χ4n) is 7.17. The first-order chi connectivity index (χ1) is 31.8. The highest BCUT2D eigenvalue weighted by Gasteiger charge is 2.09. The van der Waals surface area contributed by atoms with E-state index in [1.807, 2.05) is 36.4 Å². The quantitative estimate of drug-likeness (QED) is 0.0418. The highest BCUT2D eigenvalue weighted by atomic mass is 16.5. The highest BCUT2D eigenvalue weighted by Crippen LogP contribution is 2.25. The van der Waals surface area contributed by atoms with Crippen molar-refractivity contribution in [2.75, 3.05) is 98.9 Å². The molecule has 0 saturated carbocycles. The molecular formula is C57H63NO6. The summed E-state index contributed by atoms with van der Waals surface area (Å²) in [5.74, 6) is 0. The summed E-state index contributed by atoms with van der Waals surface area (Å²) in [4.78, 5) is 2.32. The summed E-state index contributed by atoms with van der Waals surface area (Å²) < 4.78 is 36.0. The molecule has 0 spiro atoms. The second kappa shape index (κ2) is 29.6. The summed E-state index contributed by atoms with van der Waals surface area (Å²) in [6, 6.07) is 62.6. The Morgan fingerprint density at radius 3 is 0.688 bits per heavy atom.